The van der Waals surface area contributed by atoms with E-state index in [-0.39, 0.29) is 6.04 Å². The lowest BCUT2D eigenvalue weighted by Gasteiger charge is -2.32. The highest BCUT2D eigenvalue weighted by Crippen LogP contribution is 2.18. The minimum absolute atomic E-state index is 0.365. The first kappa shape index (κ1) is 11.0. The summed E-state index contributed by atoms with van der Waals surface area (Å²) < 4.78 is 0. The van der Waals surface area contributed by atoms with Gasteiger partial charge in [0.15, 0.2) is 0 Å². The molecule has 0 aliphatic carbocycles. The molecular weight excluding hydrogens is 206 g/mol. The van der Waals surface area contributed by atoms with Gasteiger partial charge in [0.1, 0.15) is 6.04 Å². The Labute approximate surface area is 94.1 Å². The average molecular weight is 221 g/mol. The number of carboxylic acids is 1. The zero-order valence-electron chi connectivity index (χ0n) is 9.04. The number of piperidine rings is 1. The van der Waals surface area contributed by atoms with E-state index in [4.69, 9.17) is 5.11 Å². The highest BCUT2D eigenvalue weighted by Gasteiger charge is 2.28. The summed E-state index contributed by atoms with van der Waals surface area (Å²) in [5, 5.41) is 9.11. The molecule has 0 spiro atoms. The van der Waals surface area contributed by atoms with E-state index in [0.717, 1.165) is 31.5 Å². The SMILES string of the molecule is O=C(O)[C@H]1CCCCN1Cc1cnccn1. The van der Waals surface area contributed by atoms with E-state index in [1.165, 1.54) is 0 Å². The molecule has 86 valence electrons. The van der Waals surface area contributed by atoms with Crippen LogP contribution in [0.1, 0.15) is 25.0 Å². The van der Waals surface area contributed by atoms with Crippen LogP contribution in [0.15, 0.2) is 18.6 Å². The first-order valence-electron chi connectivity index (χ1n) is 5.49. The molecular formula is C11H15N3O2. The van der Waals surface area contributed by atoms with E-state index in [9.17, 15) is 4.79 Å². The van der Waals surface area contributed by atoms with Gasteiger partial charge in [-0.3, -0.25) is 19.7 Å². The second kappa shape index (κ2) is 5.03. The maximum atomic E-state index is 11.1. The Balaban J connectivity index is 2.04. The quantitative estimate of drug-likeness (QED) is 0.822. The fraction of sp³-hybridized carbons (Fsp3) is 0.545. The molecule has 1 N–H and O–H groups in total. The molecule has 1 aliphatic rings. The first-order valence-corrected chi connectivity index (χ1v) is 5.49. The van der Waals surface area contributed by atoms with Crippen LogP contribution in [0.2, 0.25) is 0 Å². The third-order valence-corrected chi connectivity index (χ3v) is 2.88. The van der Waals surface area contributed by atoms with E-state index in [0.29, 0.717) is 6.54 Å². The third kappa shape index (κ3) is 2.55. The van der Waals surface area contributed by atoms with Gasteiger partial charge in [-0.15, -0.1) is 0 Å². The minimum Gasteiger partial charge on any atom is -0.480 e. The van der Waals surface area contributed by atoms with Crippen LogP contribution in [0.4, 0.5) is 0 Å². The van der Waals surface area contributed by atoms with Crippen molar-refractivity contribution in [2.24, 2.45) is 0 Å². The Morgan fingerprint density at radius 1 is 1.50 bits per heavy atom. The maximum Gasteiger partial charge on any atom is 0.320 e. The third-order valence-electron chi connectivity index (χ3n) is 2.88. The van der Waals surface area contributed by atoms with Crippen molar-refractivity contribution in [2.75, 3.05) is 6.54 Å². The topological polar surface area (TPSA) is 66.3 Å². The van der Waals surface area contributed by atoms with E-state index in [1.54, 1.807) is 18.6 Å². The van der Waals surface area contributed by atoms with Crippen molar-refractivity contribution in [1.82, 2.24) is 14.9 Å². The van der Waals surface area contributed by atoms with Gasteiger partial charge in [-0.1, -0.05) is 6.42 Å². The lowest BCUT2D eigenvalue weighted by atomic mass is 10.0. The molecule has 1 aromatic heterocycles. The van der Waals surface area contributed by atoms with E-state index in [1.807, 2.05) is 4.90 Å². The standard InChI is InChI=1S/C11H15N3O2/c15-11(16)10-3-1-2-6-14(10)8-9-7-12-4-5-13-9/h4-5,7,10H,1-3,6,8H2,(H,15,16)/t10-/m1/s1. The fourth-order valence-electron chi connectivity index (χ4n) is 2.08. The molecule has 0 saturated carbocycles. The Hall–Kier alpha value is -1.49. The van der Waals surface area contributed by atoms with Gasteiger partial charge in [-0.25, -0.2) is 0 Å². The molecule has 5 nitrogen and oxygen atoms in total. The van der Waals surface area contributed by atoms with Crippen molar-refractivity contribution in [2.45, 2.75) is 31.8 Å². The summed E-state index contributed by atoms with van der Waals surface area (Å²) in [6, 6.07) is -0.365. The number of rotatable bonds is 3. The van der Waals surface area contributed by atoms with E-state index >= 15 is 0 Å². The molecule has 1 aromatic rings. The molecule has 0 amide bonds. The Bertz CT molecular complexity index is 356. The number of aromatic nitrogens is 2. The minimum atomic E-state index is -0.733. The zero-order valence-corrected chi connectivity index (χ0v) is 9.04. The highest BCUT2D eigenvalue weighted by atomic mass is 16.4. The predicted octanol–water partition coefficient (Wildman–Crippen LogP) is 0.916. The molecule has 0 radical (unpaired) electrons. The number of likely N-dealkylation sites (tertiary alicyclic amines) is 1. The van der Waals surface area contributed by atoms with Gasteiger partial charge < -0.3 is 5.11 Å². The molecule has 0 bridgehead atoms. The normalized spacial score (nSPS) is 21.9. The average Bonchev–Trinajstić information content (AvgIpc) is 2.31. The summed E-state index contributed by atoms with van der Waals surface area (Å²) in [4.78, 5) is 21.2. The van der Waals surface area contributed by atoms with Gasteiger partial charge in [0.05, 0.1) is 5.69 Å². The van der Waals surface area contributed by atoms with Crippen LogP contribution in [-0.4, -0.2) is 38.5 Å². The highest BCUT2D eigenvalue weighted by molar-refractivity contribution is 5.73. The molecule has 2 heterocycles. The van der Waals surface area contributed by atoms with Crippen molar-refractivity contribution < 1.29 is 9.90 Å². The van der Waals surface area contributed by atoms with E-state index in [2.05, 4.69) is 9.97 Å². The van der Waals surface area contributed by atoms with Crippen molar-refractivity contribution in [3.05, 3.63) is 24.3 Å². The van der Waals surface area contributed by atoms with Crippen molar-refractivity contribution in [3.8, 4) is 0 Å². The summed E-state index contributed by atoms with van der Waals surface area (Å²) in [5.41, 5.74) is 0.829. The summed E-state index contributed by atoms with van der Waals surface area (Å²) in [7, 11) is 0. The molecule has 2 rings (SSSR count). The molecule has 5 heteroatoms. The summed E-state index contributed by atoms with van der Waals surface area (Å²) in [6.45, 7) is 1.40. The molecule has 1 fully saturated rings. The van der Waals surface area contributed by atoms with Gasteiger partial charge in [0.25, 0.3) is 0 Å². The van der Waals surface area contributed by atoms with Crippen molar-refractivity contribution in [1.29, 1.82) is 0 Å². The van der Waals surface area contributed by atoms with E-state index < -0.39 is 5.97 Å². The van der Waals surface area contributed by atoms with Gasteiger partial charge in [0.2, 0.25) is 0 Å². The number of nitrogens with zero attached hydrogens (tertiary/aromatic N) is 3. The van der Waals surface area contributed by atoms with Crippen LogP contribution in [-0.2, 0) is 11.3 Å². The Morgan fingerprint density at radius 3 is 3.06 bits per heavy atom. The second-order valence-corrected chi connectivity index (χ2v) is 4.02. The van der Waals surface area contributed by atoms with Gasteiger partial charge in [0, 0.05) is 25.1 Å². The summed E-state index contributed by atoms with van der Waals surface area (Å²) >= 11 is 0. The van der Waals surface area contributed by atoms with Crippen LogP contribution in [0.5, 0.6) is 0 Å². The van der Waals surface area contributed by atoms with Crippen LogP contribution >= 0.6 is 0 Å². The predicted molar refractivity (Wildman–Crippen MR) is 57.7 cm³/mol. The second-order valence-electron chi connectivity index (χ2n) is 4.02. The van der Waals surface area contributed by atoms with Gasteiger partial charge in [-0.05, 0) is 19.4 Å². The lowest BCUT2D eigenvalue weighted by Crippen LogP contribution is -2.44. The van der Waals surface area contributed by atoms with Crippen LogP contribution < -0.4 is 0 Å². The molecule has 1 atom stereocenters. The van der Waals surface area contributed by atoms with Crippen molar-refractivity contribution in [3.63, 3.8) is 0 Å². The molecule has 1 aliphatic heterocycles. The van der Waals surface area contributed by atoms with Crippen LogP contribution in [0, 0.1) is 0 Å². The molecule has 1 saturated heterocycles. The number of hydrogen-bond acceptors (Lipinski definition) is 4. The summed E-state index contributed by atoms with van der Waals surface area (Å²) in [6.07, 6.45) is 7.73. The largest absolute Gasteiger partial charge is 0.480 e. The monoisotopic (exact) mass is 221 g/mol. The number of hydrogen-bond donors (Lipinski definition) is 1. The molecule has 0 unspecified atom stereocenters. The fourth-order valence-corrected chi connectivity index (χ4v) is 2.08. The molecule has 0 aromatic carbocycles. The van der Waals surface area contributed by atoms with Crippen LogP contribution in [0.3, 0.4) is 0 Å². The zero-order chi connectivity index (χ0) is 11.4. The smallest absolute Gasteiger partial charge is 0.320 e. The molecule has 16 heavy (non-hydrogen) atoms. The Morgan fingerprint density at radius 2 is 2.38 bits per heavy atom. The van der Waals surface area contributed by atoms with Crippen LogP contribution in [0.25, 0.3) is 0 Å². The van der Waals surface area contributed by atoms with Gasteiger partial charge in [-0.2, -0.15) is 0 Å². The lowest BCUT2D eigenvalue weighted by molar-refractivity contribution is -0.144. The van der Waals surface area contributed by atoms with Crippen molar-refractivity contribution >= 4 is 5.97 Å². The number of carbonyl (C=O) groups is 1. The summed E-state index contributed by atoms with van der Waals surface area (Å²) in [5.74, 6) is -0.733. The number of carboxylic acid groups (broad SMARTS) is 1. The maximum absolute atomic E-state index is 11.1. The van der Waals surface area contributed by atoms with Gasteiger partial charge >= 0.3 is 5.97 Å². The number of aliphatic carboxylic acids is 1. The Kier molecular flexibility index (Phi) is 3.46. The first-order chi connectivity index (χ1) is 7.77.